The standard InChI is InChI=1S/C24H28FN3O3S/c1-24(2,3)31-23(29)28-11-9-20(10-12-28)30-22-6-4-5-19(27-22)16-32-15-18-8-7-17(14-26)13-21(18)25/h4-8,13,20H,9-12,15-16H2,1-3H3. The second-order valence-corrected chi connectivity index (χ2v) is 9.65. The topological polar surface area (TPSA) is 75.4 Å². The van der Waals surface area contributed by atoms with Gasteiger partial charge in [-0.1, -0.05) is 12.1 Å². The first-order valence-electron chi connectivity index (χ1n) is 10.6. The van der Waals surface area contributed by atoms with Crippen LogP contribution in [0.4, 0.5) is 9.18 Å². The van der Waals surface area contributed by atoms with E-state index in [2.05, 4.69) is 4.98 Å². The number of thioether (sulfide) groups is 1. The van der Waals surface area contributed by atoms with Crippen LogP contribution in [0.5, 0.6) is 5.88 Å². The summed E-state index contributed by atoms with van der Waals surface area (Å²) in [6.45, 7) is 6.76. The fraction of sp³-hybridized carbons (Fsp3) is 0.458. The molecule has 1 saturated heterocycles. The molecule has 2 aromatic rings. The third-order valence-corrected chi connectivity index (χ3v) is 5.87. The molecule has 0 aliphatic carbocycles. The maximum absolute atomic E-state index is 14.0. The molecule has 0 spiro atoms. The molecule has 32 heavy (non-hydrogen) atoms. The fourth-order valence-electron chi connectivity index (χ4n) is 3.26. The normalized spacial score (nSPS) is 14.7. The van der Waals surface area contributed by atoms with E-state index in [4.69, 9.17) is 14.7 Å². The SMILES string of the molecule is CC(C)(C)OC(=O)N1CCC(Oc2cccc(CSCc3ccc(C#N)cc3F)n2)CC1. The van der Waals surface area contributed by atoms with Gasteiger partial charge in [-0.05, 0) is 44.5 Å². The number of nitrogens with zero attached hydrogens (tertiary/aromatic N) is 3. The van der Waals surface area contributed by atoms with Crippen LogP contribution in [0.3, 0.4) is 0 Å². The zero-order valence-corrected chi connectivity index (χ0v) is 19.5. The Morgan fingerprint density at radius 2 is 2.00 bits per heavy atom. The lowest BCUT2D eigenvalue weighted by Crippen LogP contribution is -2.44. The number of nitriles is 1. The van der Waals surface area contributed by atoms with E-state index in [9.17, 15) is 9.18 Å². The minimum absolute atomic E-state index is 0.00293. The minimum atomic E-state index is -0.501. The van der Waals surface area contributed by atoms with Gasteiger partial charge in [0.25, 0.3) is 0 Å². The Hall–Kier alpha value is -2.79. The van der Waals surface area contributed by atoms with Gasteiger partial charge >= 0.3 is 6.09 Å². The highest BCUT2D eigenvalue weighted by Gasteiger charge is 2.27. The summed E-state index contributed by atoms with van der Waals surface area (Å²) in [6.07, 6.45) is 1.15. The first kappa shape index (κ1) is 23.9. The van der Waals surface area contributed by atoms with E-state index >= 15 is 0 Å². The summed E-state index contributed by atoms with van der Waals surface area (Å²) in [6, 6.07) is 12.1. The average Bonchev–Trinajstić information content (AvgIpc) is 2.74. The highest BCUT2D eigenvalue weighted by atomic mass is 32.2. The smallest absolute Gasteiger partial charge is 0.410 e. The van der Waals surface area contributed by atoms with Crippen molar-refractivity contribution in [3.63, 3.8) is 0 Å². The van der Waals surface area contributed by atoms with E-state index < -0.39 is 5.60 Å². The summed E-state index contributed by atoms with van der Waals surface area (Å²) in [5.41, 5.74) is 1.24. The zero-order valence-electron chi connectivity index (χ0n) is 18.6. The van der Waals surface area contributed by atoms with Crippen LogP contribution in [-0.2, 0) is 16.2 Å². The molecule has 0 radical (unpaired) electrons. The summed E-state index contributed by atoms with van der Waals surface area (Å²) in [5, 5.41) is 8.83. The van der Waals surface area contributed by atoms with E-state index in [0.29, 0.717) is 41.6 Å². The molecule has 8 heteroatoms. The molecular formula is C24H28FN3O3S. The van der Waals surface area contributed by atoms with Crippen LogP contribution < -0.4 is 4.74 Å². The highest BCUT2D eigenvalue weighted by molar-refractivity contribution is 7.97. The molecule has 2 heterocycles. The molecule has 0 N–H and O–H groups in total. The Kier molecular flexibility index (Phi) is 7.97. The molecule has 1 fully saturated rings. The van der Waals surface area contributed by atoms with E-state index in [0.717, 1.165) is 18.5 Å². The number of halogens is 1. The predicted octanol–water partition coefficient (Wildman–Crippen LogP) is 5.30. The number of piperidine rings is 1. The number of amides is 1. The molecule has 0 unspecified atom stereocenters. The maximum Gasteiger partial charge on any atom is 0.410 e. The van der Waals surface area contributed by atoms with Gasteiger partial charge in [0, 0.05) is 43.5 Å². The first-order chi connectivity index (χ1) is 15.2. The number of benzene rings is 1. The van der Waals surface area contributed by atoms with E-state index in [-0.39, 0.29) is 18.0 Å². The summed E-state index contributed by atoms with van der Waals surface area (Å²) in [4.78, 5) is 18.5. The van der Waals surface area contributed by atoms with Crippen LogP contribution in [0, 0.1) is 17.1 Å². The molecule has 1 aliphatic heterocycles. The lowest BCUT2D eigenvalue weighted by atomic mass is 10.1. The molecule has 3 rings (SSSR count). The van der Waals surface area contributed by atoms with Gasteiger partial charge in [-0.2, -0.15) is 17.0 Å². The van der Waals surface area contributed by atoms with Crippen molar-refractivity contribution in [2.75, 3.05) is 13.1 Å². The molecule has 6 nitrogen and oxygen atoms in total. The zero-order chi connectivity index (χ0) is 23.1. The molecule has 1 aromatic carbocycles. The molecule has 0 saturated carbocycles. The van der Waals surface area contributed by atoms with Crippen molar-refractivity contribution in [3.8, 4) is 11.9 Å². The molecule has 0 bridgehead atoms. The Morgan fingerprint density at radius 1 is 1.25 bits per heavy atom. The number of likely N-dealkylation sites (tertiary alicyclic amines) is 1. The van der Waals surface area contributed by atoms with Gasteiger partial charge in [-0.3, -0.25) is 0 Å². The Labute approximate surface area is 192 Å². The van der Waals surface area contributed by atoms with Crippen LogP contribution in [0.2, 0.25) is 0 Å². The Balaban J connectivity index is 1.46. The van der Waals surface area contributed by atoms with Crippen LogP contribution in [0.1, 0.15) is 50.4 Å². The van der Waals surface area contributed by atoms with Crippen LogP contribution in [0.15, 0.2) is 36.4 Å². The third kappa shape index (κ3) is 7.13. The number of aromatic nitrogens is 1. The van der Waals surface area contributed by atoms with Gasteiger partial charge in [0.1, 0.15) is 17.5 Å². The van der Waals surface area contributed by atoms with Crippen molar-refractivity contribution in [2.45, 2.75) is 56.8 Å². The predicted molar refractivity (Wildman–Crippen MR) is 122 cm³/mol. The van der Waals surface area contributed by atoms with E-state index in [1.807, 2.05) is 45.0 Å². The molecule has 0 atom stereocenters. The second kappa shape index (κ2) is 10.7. The maximum atomic E-state index is 14.0. The van der Waals surface area contributed by atoms with Crippen molar-refractivity contribution in [1.82, 2.24) is 9.88 Å². The van der Waals surface area contributed by atoms with Crippen LogP contribution in [0.25, 0.3) is 0 Å². The lowest BCUT2D eigenvalue weighted by Gasteiger charge is -2.33. The molecule has 170 valence electrons. The van der Waals surface area contributed by atoms with Crippen molar-refractivity contribution >= 4 is 17.9 Å². The molecule has 1 aromatic heterocycles. The van der Waals surface area contributed by atoms with E-state index in [1.54, 1.807) is 28.8 Å². The number of carbonyl (C=O) groups excluding carboxylic acids is 1. The van der Waals surface area contributed by atoms with Crippen molar-refractivity contribution in [2.24, 2.45) is 0 Å². The summed E-state index contributed by atoms with van der Waals surface area (Å²) in [5.74, 6) is 1.31. The van der Waals surface area contributed by atoms with Gasteiger partial charge < -0.3 is 14.4 Å². The molecular weight excluding hydrogens is 429 g/mol. The Morgan fingerprint density at radius 3 is 2.66 bits per heavy atom. The summed E-state index contributed by atoms with van der Waals surface area (Å²) < 4.78 is 25.5. The Bertz CT molecular complexity index is 979. The van der Waals surface area contributed by atoms with Crippen molar-refractivity contribution in [1.29, 1.82) is 5.26 Å². The number of rotatable bonds is 6. The third-order valence-electron chi connectivity index (χ3n) is 4.85. The lowest BCUT2D eigenvalue weighted by molar-refractivity contribution is 0.0123. The molecule has 1 amide bonds. The summed E-state index contributed by atoms with van der Waals surface area (Å²) in [7, 11) is 0. The number of carbonyl (C=O) groups is 1. The van der Waals surface area contributed by atoms with Crippen LogP contribution in [-0.4, -0.2) is 40.8 Å². The quantitative estimate of drug-likeness (QED) is 0.586. The number of ether oxygens (including phenoxy) is 2. The average molecular weight is 458 g/mol. The number of hydrogen-bond donors (Lipinski definition) is 0. The van der Waals surface area contributed by atoms with Gasteiger partial charge in [0.2, 0.25) is 5.88 Å². The number of pyridine rings is 1. The van der Waals surface area contributed by atoms with Crippen LogP contribution >= 0.6 is 11.8 Å². The number of hydrogen-bond acceptors (Lipinski definition) is 6. The highest BCUT2D eigenvalue weighted by Crippen LogP contribution is 2.23. The summed E-state index contributed by atoms with van der Waals surface area (Å²) >= 11 is 1.55. The van der Waals surface area contributed by atoms with Gasteiger partial charge in [0.05, 0.1) is 17.3 Å². The van der Waals surface area contributed by atoms with Gasteiger partial charge in [-0.15, -0.1) is 0 Å². The van der Waals surface area contributed by atoms with Gasteiger partial charge in [-0.25, -0.2) is 14.2 Å². The fourth-order valence-corrected chi connectivity index (χ4v) is 4.18. The minimum Gasteiger partial charge on any atom is -0.474 e. The van der Waals surface area contributed by atoms with E-state index in [1.165, 1.54) is 6.07 Å². The van der Waals surface area contributed by atoms with Crippen molar-refractivity contribution in [3.05, 3.63) is 59.0 Å². The van der Waals surface area contributed by atoms with Crippen molar-refractivity contribution < 1.29 is 18.7 Å². The second-order valence-electron chi connectivity index (χ2n) is 8.66. The molecule has 1 aliphatic rings. The largest absolute Gasteiger partial charge is 0.474 e. The first-order valence-corrected chi connectivity index (χ1v) is 11.8. The monoisotopic (exact) mass is 457 g/mol. The van der Waals surface area contributed by atoms with Gasteiger partial charge in [0.15, 0.2) is 0 Å².